The van der Waals surface area contributed by atoms with Crippen LogP contribution in [0.2, 0.25) is 0 Å². The molecule has 170 valence electrons. The first-order valence-corrected chi connectivity index (χ1v) is 11.9. The van der Waals surface area contributed by atoms with Crippen molar-refractivity contribution in [2.75, 3.05) is 38.2 Å². The van der Waals surface area contributed by atoms with Crippen LogP contribution in [0.25, 0.3) is 22.2 Å². The van der Waals surface area contributed by atoms with Gasteiger partial charge in [0.05, 0.1) is 23.4 Å². The number of hydrogen-bond acceptors (Lipinski definition) is 7. The average molecular weight is 444 g/mol. The molecule has 0 bridgehead atoms. The number of nitrogens with zero attached hydrogens (tertiary/aromatic N) is 6. The van der Waals surface area contributed by atoms with E-state index in [2.05, 4.69) is 31.6 Å². The normalized spacial score (nSPS) is 27.2. The predicted octanol–water partition coefficient (Wildman–Crippen LogP) is 3.06. The molecule has 3 aliphatic rings. The van der Waals surface area contributed by atoms with Crippen LogP contribution in [-0.2, 0) is 11.8 Å². The average Bonchev–Trinajstić information content (AvgIpc) is 3.58. The SMILES string of the molecule is Cn1cc2cc(-c3cc(C#N)c(NC4C[C@@H]5CN(C[C@@H]6CCOC6)C[C@@H]5C4)nn3)ccc2n1. The first kappa shape index (κ1) is 20.6. The lowest BCUT2D eigenvalue weighted by Gasteiger charge is -2.22. The molecule has 8 nitrogen and oxygen atoms in total. The van der Waals surface area contributed by atoms with E-state index in [1.54, 1.807) is 4.68 Å². The Hall–Kier alpha value is -3.02. The lowest BCUT2D eigenvalue weighted by Crippen LogP contribution is -2.30. The number of hydrogen-bond donors (Lipinski definition) is 1. The molecule has 4 heterocycles. The monoisotopic (exact) mass is 443 g/mol. The van der Waals surface area contributed by atoms with Gasteiger partial charge in [-0.25, -0.2) is 0 Å². The molecule has 1 aromatic carbocycles. The Labute approximate surface area is 193 Å². The fourth-order valence-corrected chi connectivity index (χ4v) is 5.98. The zero-order valence-corrected chi connectivity index (χ0v) is 18.9. The van der Waals surface area contributed by atoms with E-state index in [-0.39, 0.29) is 0 Å². The van der Waals surface area contributed by atoms with Crippen LogP contribution in [0.4, 0.5) is 5.82 Å². The topological polar surface area (TPSA) is 91.9 Å². The van der Waals surface area contributed by atoms with E-state index in [9.17, 15) is 5.26 Å². The summed E-state index contributed by atoms with van der Waals surface area (Å²) in [6.07, 6.45) is 5.45. The van der Waals surface area contributed by atoms with E-state index < -0.39 is 0 Å². The minimum absolute atomic E-state index is 0.357. The summed E-state index contributed by atoms with van der Waals surface area (Å²) in [5.41, 5.74) is 3.13. The minimum Gasteiger partial charge on any atom is -0.381 e. The van der Waals surface area contributed by atoms with Gasteiger partial charge in [0.1, 0.15) is 6.07 Å². The highest BCUT2D eigenvalue weighted by Crippen LogP contribution is 2.40. The number of nitriles is 1. The van der Waals surface area contributed by atoms with Crippen molar-refractivity contribution in [2.24, 2.45) is 24.8 Å². The smallest absolute Gasteiger partial charge is 0.166 e. The van der Waals surface area contributed by atoms with Gasteiger partial charge >= 0.3 is 0 Å². The van der Waals surface area contributed by atoms with E-state index in [1.807, 2.05) is 37.5 Å². The third kappa shape index (κ3) is 4.07. The number of nitrogens with one attached hydrogen (secondary N) is 1. The molecule has 2 aliphatic heterocycles. The van der Waals surface area contributed by atoms with Crippen LogP contribution in [0.3, 0.4) is 0 Å². The van der Waals surface area contributed by atoms with E-state index in [4.69, 9.17) is 4.74 Å². The summed E-state index contributed by atoms with van der Waals surface area (Å²) in [5.74, 6) is 2.78. The van der Waals surface area contributed by atoms with Crippen molar-refractivity contribution in [1.82, 2.24) is 24.9 Å². The lowest BCUT2D eigenvalue weighted by atomic mass is 10.0. The summed E-state index contributed by atoms with van der Waals surface area (Å²) in [6.45, 7) is 5.41. The summed E-state index contributed by atoms with van der Waals surface area (Å²) in [6, 6.07) is 10.5. The third-order valence-electron chi connectivity index (χ3n) is 7.54. The number of anilines is 1. The first-order valence-electron chi connectivity index (χ1n) is 11.9. The molecule has 6 rings (SSSR count). The molecule has 0 amide bonds. The maximum absolute atomic E-state index is 9.78. The van der Waals surface area contributed by atoms with Gasteiger partial charge in [0.2, 0.25) is 0 Å². The second-order valence-electron chi connectivity index (χ2n) is 9.96. The Balaban J connectivity index is 1.12. The summed E-state index contributed by atoms with van der Waals surface area (Å²) < 4.78 is 7.34. The van der Waals surface area contributed by atoms with Crippen LogP contribution < -0.4 is 5.32 Å². The Morgan fingerprint density at radius 3 is 2.79 bits per heavy atom. The molecule has 2 aromatic heterocycles. The molecule has 1 aliphatic carbocycles. The molecule has 4 atom stereocenters. The Kier molecular flexibility index (Phi) is 5.24. The molecule has 0 spiro atoms. The van der Waals surface area contributed by atoms with Crippen molar-refractivity contribution in [3.05, 3.63) is 36.0 Å². The lowest BCUT2D eigenvalue weighted by molar-refractivity contribution is 0.171. The second-order valence-corrected chi connectivity index (χ2v) is 9.96. The summed E-state index contributed by atoms with van der Waals surface area (Å²) in [7, 11) is 1.91. The van der Waals surface area contributed by atoms with Gasteiger partial charge in [-0.05, 0) is 55.2 Å². The van der Waals surface area contributed by atoms with Gasteiger partial charge in [0, 0.05) is 56.5 Å². The molecule has 1 unspecified atom stereocenters. The Morgan fingerprint density at radius 2 is 2.03 bits per heavy atom. The Bertz CT molecular complexity index is 1200. The number of aromatic nitrogens is 4. The van der Waals surface area contributed by atoms with Crippen molar-refractivity contribution >= 4 is 16.7 Å². The van der Waals surface area contributed by atoms with Crippen molar-refractivity contribution in [2.45, 2.75) is 25.3 Å². The summed E-state index contributed by atoms with van der Waals surface area (Å²) >= 11 is 0. The van der Waals surface area contributed by atoms with Gasteiger partial charge in [-0.1, -0.05) is 6.07 Å². The van der Waals surface area contributed by atoms with Crippen LogP contribution in [0.1, 0.15) is 24.8 Å². The first-order chi connectivity index (χ1) is 16.1. The van der Waals surface area contributed by atoms with Crippen LogP contribution in [0, 0.1) is 29.1 Å². The standard InChI is InChI=1S/C25H29N7O/c1-31-12-21-6-17(2-3-23(21)30-31)24-9-18(10-26)25(29-28-24)27-22-7-19-13-32(14-20(19)8-22)11-16-4-5-33-15-16/h2-3,6,9,12,16,19-20,22H,4-5,7-8,11,13-15H2,1H3,(H,27,29)/t16-,19-,20+,22?/m0/s1. The van der Waals surface area contributed by atoms with E-state index in [0.29, 0.717) is 29.0 Å². The van der Waals surface area contributed by atoms with Gasteiger partial charge in [-0.15, -0.1) is 10.2 Å². The highest BCUT2D eigenvalue weighted by atomic mass is 16.5. The molecule has 2 saturated heterocycles. The minimum atomic E-state index is 0.357. The molecule has 33 heavy (non-hydrogen) atoms. The fraction of sp³-hybridized carbons (Fsp3) is 0.520. The zero-order chi connectivity index (χ0) is 22.4. The second kappa shape index (κ2) is 8.40. The maximum atomic E-state index is 9.78. The highest BCUT2D eigenvalue weighted by molar-refractivity contribution is 5.83. The summed E-state index contributed by atoms with van der Waals surface area (Å²) in [5, 5.41) is 27.7. The highest BCUT2D eigenvalue weighted by Gasteiger charge is 2.41. The molecule has 1 N–H and O–H groups in total. The van der Waals surface area contributed by atoms with E-state index in [1.165, 1.54) is 26.1 Å². The Morgan fingerprint density at radius 1 is 1.18 bits per heavy atom. The molecule has 3 fully saturated rings. The number of benzene rings is 1. The third-order valence-corrected chi connectivity index (χ3v) is 7.54. The molecule has 0 radical (unpaired) electrons. The number of rotatable bonds is 5. The number of likely N-dealkylation sites (tertiary alicyclic amines) is 1. The largest absolute Gasteiger partial charge is 0.381 e. The van der Waals surface area contributed by atoms with Crippen molar-refractivity contribution in [3.63, 3.8) is 0 Å². The van der Waals surface area contributed by atoms with E-state index >= 15 is 0 Å². The van der Waals surface area contributed by atoms with Crippen LogP contribution in [0.5, 0.6) is 0 Å². The van der Waals surface area contributed by atoms with Crippen LogP contribution >= 0.6 is 0 Å². The molecular formula is C25H29N7O. The molecule has 8 heteroatoms. The van der Waals surface area contributed by atoms with Crippen LogP contribution in [-0.4, -0.2) is 63.8 Å². The van der Waals surface area contributed by atoms with Gasteiger partial charge < -0.3 is 15.0 Å². The summed E-state index contributed by atoms with van der Waals surface area (Å²) in [4.78, 5) is 2.64. The van der Waals surface area contributed by atoms with Crippen molar-refractivity contribution in [1.29, 1.82) is 5.26 Å². The van der Waals surface area contributed by atoms with Crippen molar-refractivity contribution in [3.8, 4) is 17.3 Å². The molecule has 1 saturated carbocycles. The van der Waals surface area contributed by atoms with Gasteiger partial charge in [0.25, 0.3) is 0 Å². The van der Waals surface area contributed by atoms with Crippen LogP contribution in [0.15, 0.2) is 30.5 Å². The van der Waals surface area contributed by atoms with E-state index in [0.717, 1.165) is 54.4 Å². The fourth-order valence-electron chi connectivity index (χ4n) is 5.98. The maximum Gasteiger partial charge on any atom is 0.166 e. The molecule has 3 aromatic rings. The zero-order valence-electron chi connectivity index (χ0n) is 18.9. The van der Waals surface area contributed by atoms with Gasteiger partial charge in [-0.2, -0.15) is 10.4 Å². The number of fused-ring (bicyclic) bond motifs is 2. The molecular weight excluding hydrogens is 414 g/mol. The predicted molar refractivity (Wildman–Crippen MR) is 125 cm³/mol. The number of ether oxygens (including phenoxy) is 1. The van der Waals surface area contributed by atoms with Crippen molar-refractivity contribution < 1.29 is 4.74 Å². The van der Waals surface area contributed by atoms with Gasteiger partial charge in [-0.3, -0.25) is 4.68 Å². The van der Waals surface area contributed by atoms with Gasteiger partial charge in [0.15, 0.2) is 5.82 Å². The number of aryl methyl sites for hydroxylation is 1. The quantitative estimate of drug-likeness (QED) is 0.648.